The Morgan fingerprint density at radius 3 is 2.57 bits per heavy atom. The molecule has 0 bridgehead atoms. The lowest BCUT2D eigenvalue weighted by Crippen LogP contribution is -2.12. The zero-order valence-electron chi connectivity index (χ0n) is 11.5. The molecule has 120 valence electrons. The molecule has 0 saturated heterocycles. The van der Waals surface area contributed by atoms with Gasteiger partial charge in [0.25, 0.3) is 5.69 Å². The quantitative estimate of drug-likeness (QED) is 0.454. The van der Waals surface area contributed by atoms with Crippen molar-refractivity contribution in [2.45, 2.75) is 4.90 Å². The number of benzene rings is 2. The average molecular weight is 399 g/mol. The Labute approximate surface area is 140 Å². The smallest absolute Gasteiger partial charge is 0.272 e. The number of hydrogen-bond donors (Lipinski definition) is 2. The van der Waals surface area contributed by atoms with E-state index in [-0.39, 0.29) is 10.6 Å². The van der Waals surface area contributed by atoms with E-state index in [1.165, 1.54) is 18.3 Å². The van der Waals surface area contributed by atoms with Crippen molar-refractivity contribution < 1.29 is 13.3 Å². The highest BCUT2D eigenvalue weighted by molar-refractivity contribution is 9.10. The number of hydrogen-bond acceptors (Lipinski definition) is 6. The van der Waals surface area contributed by atoms with Crippen LogP contribution in [0.5, 0.6) is 0 Å². The van der Waals surface area contributed by atoms with Crippen molar-refractivity contribution in [2.24, 2.45) is 10.2 Å². The van der Waals surface area contributed by atoms with Gasteiger partial charge < -0.3 is 0 Å². The van der Waals surface area contributed by atoms with Crippen molar-refractivity contribution in [3.05, 3.63) is 62.6 Å². The Kier molecular flexibility index (Phi) is 5.08. The molecule has 2 aromatic carbocycles. The van der Waals surface area contributed by atoms with Gasteiger partial charge in [0.2, 0.25) is 10.0 Å². The summed E-state index contributed by atoms with van der Waals surface area (Å²) in [5.74, 6) is 0. The van der Waals surface area contributed by atoms with E-state index in [1.807, 2.05) is 18.2 Å². The van der Waals surface area contributed by atoms with Crippen LogP contribution in [-0.2, 0) is 10.0 Å². The summed E-state index contributed by atoms with van der Waals surface area (Å²) in [6.45, 7) is 0. The van der Waals surface area contributed by atoms with E-state index in [1.54, 1.807) is 6.07 Å². The van der Waals surface area contributed by atoms with Crippen LogP contribution in [0, 0.1) is 10.1 Å². The van der Waals surface area contributed by atoms with Gasteiger partial charge in [-0.1, -0.05) is 34.1 Å². The van der Waals surface area contributed by atoms with E-state index in [0.717, 1.165) is 16.1 Å². The Balaban J connectivity index is 2.30. The molecule has 23 heavy (non-hydrogen) atoms. The summed E-state index contributed by atoms with van der Waals surface area (Å²) in [4.78, 5) is 10.00. The second-order valence-corrected chi connectivity index (χ2v) is 6.79. The molecule has 0 aliphatic carbocycles. The summed E-state index contributed by atoms with van der Waals surface area (Å²) in [6.07, 6.45) is 1.47. The summed E-state index contributed by atoms with van der Waals surface area (Å²) in [5.41, 5.74) is 2.89. The fourth-order valence-electron chi connectivity index (χ4n) is 1.69. The summed E-state index contributed by atoms with van der Waals surface area (Å²) >= 11 is 3.34. The number of nitrogens with two attached hydrogens (primary N) is 1. The number of nitro groups is 1. The lowest BCUT2D eigenvalue weighted by molar-refractivity contribution is -0.384. The van der Waals surface area contributed by atoms with Crippen molar-refractivity contribution >= 4 is 43.5 Å². The number of nitrogens with zero attached hydrogens (tertiary/aromatic N) is 2. The predicted molar refractivity (Wildman–Crippen MR) is 89.8 cm³/mol. The maximum Gasteiger partial charge on any atom is 0.295 e. The van der Waals surface area contributed by atoms with Gasteiger partial charge in [0.05, 0.1) is 16.0 Å². The number of anilines is 1. The minimum atomic E-state index is -4.02. The summed E-state index contributed by atoms with van der Waals surface area (Å²) < 4.78 is 23.3. The average Bonchev–Trinajstić information content (AvgIpc) is 2.48. The third-order valence-electron chi connectivity index (χ3n) is 2.79. The van der Waals surface area contributed by atoms with Crippen molar-refractivity contribution in [1.29, 1.82) is 0 Å². The Bertz CT molecular complexity index is 883. The molecule has 0 aliphatic rings. The van der Waals surface area contributed by atoms with Gasteiger partial charge in [-0.25, -0.2) is 13.6 Å². The van der Waals surface area contributed by atoms with Gasteiger partial charge in [-0.15, -0.1) is 0 Å². The molecule has 0 heterocycles. The minimum absolute atomic E-state index is 0.0469. The molecular weight excluding hydrogens is 388 g/mol. The monoisotopic (exact) mass is 398 g/mol. The number of halogens is 1. The highest BCUT2D eigenvalue weighted by Gasteiger charge is 2.18. The van der Waals surface area contributed by atoms with Gasteiger partial charge in [0, 0.05) is 16.1 Å². The van der Waals surface area contributed by atoms with Crippen LogP contribution in [0.25, 0.3) is 0 Å². The minimum Gasteiger partial charge on any atom is -0.272 e. The maximum atomic E-state index is 11.3. The van der Waals surface area contributed by atoms with Crippen molar-refractivity contribution in [3.63, 3.8) is 0 Å². The van der Waals surface area contributed by atoms with Gasteiger partial charge in [-0.2, -0.15) is 5.10 Å². The Morgan fingerprint density at radius 2 is 1.96 bits per heavy atom. The third kappa shape index (κ3) is 4.34. The van der Waals surface area contributed by atoms with Crippen molar-refractivity contribution in [1.82, 2.24) is 0 Å². The van der Waals surface area contributed by atoms with Crippen LogP contribution in [0.2, 0.25) is 0 Å². The zero-order valence-corrected chi connectivity index (χ0v) is 13.9. The van der Waals surface area contributed by atoms with E-state index >= 15 is 0 Å². The van der Waals surface area contributed by atoms with Gasteiger partial charge >= 0.3 is 0 Å². The molecule has 2 rings (SSSR count). The second kappa shape index (κ2) is 6.86. The molecule has 2 aromatic rings. The van der Waals surface area contributed by atoms with Crippen LogP contribution < -0.4 is 10.6 Å². The van der Waals surface area contributed by atoms with Gasteiger partial charge in [0.15, 0.2) is 0 Å². The fraction of sp³-hybridized carbons (Fsp3) is 0. The Morgan fingerprint density at radius 1 is 1.26 bits per heavy atom. The molecule has 0 unspecified atom stereocenters. The van der Waals surface area contributed by atoms with Crippen molar-refractivity contribution in [3.8, 4) is 0 Å². The number of nitrogens with one attached hydrogen (secondary N) is 1. The predicted octanol–water partition coefficient (Wildman–Crippen LogP) is 2.45. The van der Waals surface area contributed by atoms with Crippen LogP contribution in [0.15, 0.2) is 56.9 Å². The van der Waals surface area contributed by atoms with Crippen molar-refractivity contribution in [2.75, 3.05) is 5.43 Å². The van der Waals surface area contributed by atoms with E-state index in [0.29, 0.717) is 0 Å². The summed E-state index contributed by atoms with van der Waals surface area (Å²) in [6, 6.07) is 10.6. The number of hydrazone groups is 1. The van der Waals surface area contributed by atoms with Gasteiger partial charge in [-0.05, 0) is 18.2 Å². The number of sulfonamides is 1. The van der Waals surface area contributed by atoms with E-state index in [2.05, 4.69) is 26.5 Å². The first kappa shape index (κ1) is 17.1. The molecule has 0 spiro atoms. The molecule has 0 atom stereocenters. The lowest BCUT2D eigenvalue weighted by atomic mass is 10.2. The molecule has 3 N–H and O–H groups in total. The molecule has 0 saturated carbocycles. The van der Waals surface area contributed by atoms with Crippen LogP contribution in [0.4, 0.5) is 11.4 Å². The molecule has 0 aromatic heterocycles. The highest BCUT2D eigenvalue weighted by atomic mass is 79.9. The summed E-state index contributed by atoms with van der Waals surface area (Å²) in [7, 11) is -4.02. The molecule has 0 amide bonds. The first-order chi connectivity index (χ1) is 10.8. The van der Waals surface area contributed by atoms with Crippen LogP contribution >= 0.6 is 15.9 Å². The van der Waals surface area contributed by atoms with Gasteiger partial charge in [-0.3, -0.25) is 15.5 Å². The summed E-state index contributed by atoms with van der Waals surface area (Å²) in [5, 5.41) is 19.9. The fourth-order valence-corrected chi connectivity index (χ4v) is 2.61. The third-order valence-corrected chi connectivity index (χ3v) is 4.42. The molecular formula is C13H11BrN4O4S. The van der Waals surface area contributed by atoms with E-state index in [9.17, 15) is 18.5 Å². The molecule has 0 radical (unpaired) electrons. The number of primary sulfonamides is 1. The van der Waals surface area contributed by atoms with E-state index < -0.39 is 20.6 Å². The molecule has 0 aliphatic heterocycles. The first-order valence-corrected chi connectivity index (χ1v) is 8.48. The van der Waals surface area contributed by atoms with Crippen LogP contribution in [0.3, 0.4) is 0 Å². The second-order valence-electron chi connectivity index (χ2n) is 4.37. The normalized spacial score (nSPS) is 11.6. The first-order valence-electron chi connectivity index (χ1n) is 6.14. The topological polar surface area (TPSA) is 128 Å². The Hall–Kier alpha value is -2.30. The number of rotatable bonds is 5. The molecule has 8 nitrogen and oxygen atoms in total. The van der Waals surface area contributed by atoms with Crippen LogP contribution in [-0.4, -0.2) is 19.6 Å². The highest BCUT2D eigenvalue weighted by Crippen LogP contribution is 2.27. The largest absolute Gasteiger partial charge is 0.295 e. The molecule has 10 heteroatoms. The SMILES string of the molecule is NS(=O)(=O)c1ccc(N/N=C/c2ccccc2Br)c([N+](=O)[O-])c1. The lowest BCUT2D eigenvalue weighted by Gasteiger charge is -2.04. The molecule has 0 fully saturated rings. The standard InChI is InChI=1S/C13H11BrN4O4S/c14-11-4-2-1-3-9(11)8-16-17-12-6-5-10(23(15,21)22)7-13(12)18(19)20/h1-8,17H,(H2,15,21,22)/b16-8+. The van der Waals surface area contributed by atoms with E-state index in [4.69, 9.17) is 5.14 Å². The van der Waals surface area contributed by atoms with Crippen LogP contribution in [0.1, 0.15) is 5.56 Å². The zero-order chi connectivity index (χ0) is 17.0. The number of nitro benzene ring substituents is 1. The maximum absolute atomic E-state index is 11.3. The van der Waals surface area contributed by atoms with Gasteiger partial charge in [0.1, 0.15) is 5.69 Å².